The number of aromatic hydroxyl groups is 1. The number of sulfonamides is 1. The number of amides is 1. The molecule has 0 bridgehead atoms. The van der Waals surface area contributed by atoms with Crippen LogP contribution in [0.3, 0.4) is 0 Å². The number of piperazine rings is 1. The van der Waals surface area contributed by atoms with Gasteiger partial charge >= 0.3 is 0 Å². The van der Waals surface area contributed by atoms with Crippen LogP contribution < -0.4 is 4.74 Å². The maximum atomic E-state index is 13.3. The molecule has 0 spiro atoms. The summed E-state index contributed by atoms with van der Waals surface area (Å²) >= 11 is 5.70. The lowest BCUT2D eigenvalue weighted by atomic mass is 10.2. The number of methoxy groups -OCH3 is 1. The minimum atomic E-state index is -3.83. The number of benzene rings is 2. The fraction of sp³-hybridized carbons (Fsp3) is 0.250. The van der Waals surface area contributed by atoms with Crippen LogP contribution in [0.1, 0.15) is 5.56 Å². The van der Waals surface area contributed by atoms with E-state index < -0.39 is 15.8 Å². The molecule has 0 unspecified atom stereocenters. The molecule has 0 aliphatic carbocycles. The van der Waals surface area contributed by atoms with Crippen LogP contribution in [0.5, 0.6) is 11.5 Å². The second kappa shape index (κ2) is 9.03. The topological polar surface area (TPSA) is 87.2 Å². The van der Waals surface area contributed by atoms with Gasteiger partial charge in [0.15, 0.2) is 11.5 Å². The smallest absolute Gasteiger partial charge is 0.246 e. The molecule has 0 atom stereocenters. The van der Waals surface area contributed by atoms with Gasteiger partial charge in [0, 0.05) is 32.3 Å². The SMILES string of the molecule is COc1cc(/C=C/C(=O)N2CCN(S(=O)(=O)c3ccc(F)c(Cl)c3)CC2)ccc1O. The first-order valence-electron chi connectivity index (χ1n) is 9.01. The van der Waals surface area contributed by atoms with Gasteiger partial charge in [-0.15, -0.1) is 0 Å². The van der Waals surface area contributed by atoms with Crippen molar-refractivity contribution >= 4 is 33.6 Å². The number of carbonyl (C=O) groups excluding carboxylic acids is 1. The van der Waals surface area contributed by atoms with Crippen molar-refractivity contribution in [2.24, 2.45) is 0 Å². The zero-order chi connectivity index (χ0) is 21.9. The lowest BCUT2D eigenvalue weighted by Crippen LogP contribution is -2.50. The highest BCUT2D eigenvalue weighted by atomic mass is 35.5. The summed E-state index contributed by atoms with van der Waals surface area (Å²) in [6.45, 7) is 0.667. The monoisotopic (exact) mass is 454 g/mol. The molecular weight excluding hydrogens is 435 g/mol. The predicted molar refractivity (Wildman–Crippen MR) is 110 cm³/mol. The van der Waals surface area contributed by atoms with Crippen molar-refractivity contribution in [3.05, 3.63) is 58.9 Å². The Hall–Kier alpha value is -2.62. The van der Waals surface area contributed by atoms with Gasteiger partial charge in [-0.2, -0.15) is 4.31 Å². The van der Waals surface area contributed by atoms with Crippen LogP contribution in [0.4, 0.5) is 4.39 Å². The maximum Gasteiger partial charge on any atom is 0.246 e. The summed E-state index contributed by atoms with van der Waals surface area (Å²) in [4.78, 5) is 13.9. The fourth-order valence-corrected chi connectivity index (χ4v) is 4.70. The van der Waals surface area contributed by atoms with Crippen LogP contribution in [0.15, 0.2) is 47.4 Å². The van der Waals surface area contributed by atoms with Crippen LogP contribution in [0, 0.1) is 5.82 Å². The minimum absolute atomic E-state index is 0.000694. The van der Waals surface area contributed by atoms with E-state index in [-0.39, 0.29) is 47.8 Å². The molecular formula is C20H20ClFN2O5S. The first kappa shape index (κ1) is 22.1. The zero-order valence-electron chi connectivity index (χ0n) is 16.1. The first-order chi connectivity index (χ1) is 14.2. The van der Waals surface area contributed by atoms with Crippen LogP contribution in [-0.2, 0) is 14.8 Å². The molecule has 1 fully saturated rings. The third-order valence-electron chi connectivity index (χ3n) is 4.70. The second-order valence-electron chi connectivity index (χ2n) is 6.57. The van der Waals surface area contributed by atoms with Gasteiger partial charge in [0.05, 0.1) is 17.0 Å². The van der Waals surface area contributed by atoms with E-state index >= 15 is 0 Å². The molecule has 30 heavy (non-hydrogen) atoms. The first-order valence-corrected chi connectivity index (χ1v) is 10.8. The summed E-state index contributed by atoms with van der Waals surface area (Å²) in [5.74, 6) is -0.655. The number of phenolic OH excluding ortho intramolecular Hbond substituents is 1. The number of ether oxygens (including phenoxy) is 1. The minimum Gasteiger partial charge on any atom is -0.504 e. The van der Waals surface area contributed by atoms with E-state index in [0.717, 1.165) is 12.1 Å². The standard InChI is InChI=1S/C20H20ClFN2O5S/c1-29-19-12-14(2-6-18(19)25)3-7-20(26)23-8-10-24(11-9-23)30(27,28)15-4-5-17(22)16(21)13-15/h2-7,12-13,25H,8-11H2,1H3/b7-3+. The highest BCUT2D eigenvalue weighted by Gasteiger charge is 2.30. The molecule has 1 heterocycles. The highest BCUT2D eigenvalue weighted by Crippen LogP contribution is 2.27. The number of rotatable bonds is 5. The van der Waals surface area contributed by atoms with Crippen molar-refractivity contribution in [2.45, 2.75) is 4.90 Å². The summed E-state index contributed by atoms with van der Waals surface area (Å²) in [6, 6.07) is 7.96. The number of nitrogens with zero attached hydrogens (tertiary/aromatic N) is 2. The molecule has 160 valence electrons. The molecule has 10 heteroatoms. The molecule has 2 aromatic rings. The van der Waals surface area contributed by atoms with Gasteiger partial charge in [-0.05, 0) is 42.0 Å². The third-order valence-corrected chi connectivity index (χ3v) is 6.89. The summed E-state index contributed by atoms with van der Waals surface area (Å²) in [5.41, 5.74) is 0.674. The second-order valence-corrected chi connectivity index (χ2v) is 8.92. The molecule has 3 rings (SSSR count). The van der Waals surface area contributed by atoms with Gasteiger partial charge in [-0.1, -0.05) is 17.7 Å². The van der Waals surface area contributed by atoms with Gasteiger partial charge in [-0.25, -0.2) is 12.8 Å². The number of carbonyl (C=O) groups is 1. The number of phenols is 1. The molecule has 1 N–H and O–H groups in total. The average Bonchev–Trinajstić information content (AvgIpc) is 2.74. The van der Waals surface area contributed by atoms with Crippen molar-refractivity contribution in [1.29, 1.82) is 0 Å². The normalized spacial score (nSPS) is 15.5. The molecule has 7 nitrogen and oxygen atoms in total. The van der Waals surface area contributed by atoms with E-state index in [1.165, 1.54) is 34.5 Å². The fourth-order valence-electron chi connectivity index (χ4n) is 3.01. The van der Waals surface area contributed by atoms with E-state index in [9.17, 15) is 22.7 Å². The van der Waals surface area contributed by atoms with Crippen molar-refractivity contribution in [1.82, 2.24) is 9.21 Å². The molecule has 0 radical (unpaired) electrons. The Morgan fingerprint density at radius 2 is 1.87 bits per heavy atom. The Bertz CT molecular complexity index is 1080. The third kappa shape index (κ3) is 4.75. The van der Waals surface area contributed by atoms with Crippen LogP contribution >= 0.6 is 11.6 Å². The van der Waals surface area contributed by atoms with Gasteiger partial charge in [0.25, 0.3) is 0 Å². The van der Waals surface area contributed by atoms with Gasteiger partial charge in [-0.3, -0.25) is 4.79 Å². The van der Waals surface area contributed by atoms with Gasteiger partial charge in [0.2, 0.25) is 15.9 Å². The quantitative estimate of drug-likeness (QED) is 0.702. The molecule has 0 aromatic heterocycles. The Morgan fingerprint density at radius 3 is 2.50 bits per heavy atom. The molecule has 1 aliphatic heterocycles. The van der Waals surface area contributed by atoms with Crippen molar-refractivity contribution in [3.8, 4) is 11.5 Å². The van der Waals surface area contributed by atoms with E-state index in [4.69, 9.17) is 16.3 Å². The van der Waals surface area contributed by atoms with Crippen LogP contribution in [-0.4, -0.2) is 61.9 Å². The molecule has 1 aliphatic rings. The Kier molecular flexibility index (Phi) is 6.64. The lowest BCUT2D eigenvalue weighted by Gasteiger charge is -2.33. The summed E-state index contributed by atoms with van der Waals surface area (Å²) in [6.07, 6.45) is 2.98. The summed E-state index contributed by atoms with van der Waals surface area (Å²) in [7, 11) is -2.40. The van der Waals surface area contributed by atoms with Crippen molar-refractivity contribution in [2.75, 3.05) is 33.3 Å². The van der Waals surface area contributed by atoms with Gasteiger partial charge in [0.1, 0.15) is 5.82 Å². The maximum absolute atomic E-state index is 13.3. The zero-order valence-corrected chi connectivity index (χ0v) is 17.7. The summed E-state index contributed by atoms with van der Waals surface area (Å²) in [5, 5.41) is 9.35. The van der Waals surface area contributed by atoms with Crippen LogP contribution in [0.2, 0.25) is 5.02 Å². The molecule has 1 amide bonds. The highest BCUT2D eigenvalue weighted by molar-refractivity contribution is 7.89. The van der Waals surface area contributed by atoms with E-state index in [1.54, 1.807) is 18.2 Å². The molecule has 0 saturated carbocycles. The average molecular weight is 455 g/mol. The number of halogens is 2. The van der Waals surface area contributed by atoms with E-state index in [0.29, 0.717) is 11.3 Å². The van der Waals surface area contributed by atoms with Crippen molar-refractivity contribution < 1.29 is 27.4 Å². The molecule has 2 aromatic carbocycles. The van der Waals surface area contributed by atoms with E-state index in [2.05, 4.69) is 0 Å². The number of hydrogen-bond donors (Lipinski definition) is 1. The number of hydrogen-bond acceptors (Lipinski definition) is 5. The Morgan fingerprint density at radius 1 is 1.17 bits per heavy atom. The predicted octanol–water partition coefficient (Wildman–Crippen LogP) is 2.74. The van der Waals surface area contributed by atoms with Crippen LogP contribution in [0.25, 0.3) is 6.08 Å². The Labute approximate surface area is 179 Å². The van der Waals surface area contributed by atoms with E-state index in [1.807, 2.05) is 0 Å². The largest absolute Gasteiger partial charge is 0.504 e. The van der Waals surface area contributed by atoms with Gasteiger partial charge < -0.3 is 14.7 Å². The van der Waals surface area contributed by atoms with Crippen molar-refractivity contribution in [3.63, 3.8) is 0 Å². The summed E-state index contributed by atoms with van der Waals surface area (Å²) < 4.78 is 45.0. The Balaban J connectivity index is 1.63. The molecule has 1 saturated heterocycles. The lowest BCUT2D eigenvalue weighted by molar-refractivity contribution is -0.127.